The van der Waals surface area contributed by atoms with E-state index in [1.165, 1.54) is 0 Å². The van der Waals surface area contributed by atoms with Gasteiger partial charge in [-0.2, -0.15) is 0 Å². The van der Waals surface area contributed by atoms with E-state index in [4.69, 9.17) is 5.73 Å². The summed E-state index contributed by atoms with van der Waals surface area (Å²) >= 11 is 3.26. The van der Waals surface area contributed by atoms with Crippen molar-refractivity contribution in [3.05, 3.63) is 28.7 Å². The Morgan fingerprint density at radius 3 is 2.36 bits per heavy atom. The van der Waals surface area contributed by atoms with Crippen molar-refractivity contribution in [2.24, 2.45) is 5.73 Å². The second-order valence-corrected chi connectivity index (χ2v) is 5.47. The maximum Gasteiger partial charge on any atom is 0.233 e. The summed E-state index contributed by atoms with van der Waals surface area (Å²) in [7, 11) is -3.29. The molecule has 3 N–H and O–H groups in total. The van der Waals surface area contributed by atoms with Gasteiger partial charge in [-0.3, -0.25) is 4.72 Å². The first kappa shape index (κ1) is 11.5. The van der Waals surface area contributed by atoms with Crippen molar-refractivity contribution in [2.45, 2.75) is 0 Å². The van der Waals surface area contributed by atoms with E-state index in [1.807, 2.05) is 0 Å². The molecule has 0 radical (unpaired) electrons. The van der Waals surface area contributed by atoms with Gasteiger partial charge >= 0.3 is 0 Å². The molecule has 0 aromatic heterocycles. The van der Waals surface area contributed by atoms with E-state index in [9.17, 15) is 8.42 Å². The normalized spacial score (nSPS) is 11.3. The highest BCUT2D eigenvalue weighted by Crippen LogP contribution is 2.15. The molecule has 0 heterocycles. The van der Waals surface area contributed by atoms with Crippen LogP contribution in [0, 0.1) is 0 Å². The average molecular weight is 279 g/mol. The molecule has 0 unspecified atom stereocenters. The molecule has 1 rings (SSSR count). The summed E-state index contributed by atoms with van der Waals surface area (Å²) in [5, 5.41) is 0. The van der Waals surface area contributed by atoms with E-state index in [0.29, 0.717) is 5.69 Å². The summed E-state index contributed by atoms with van der Waals surface area (Å²) in [5.41, 5.74) is 5.71. The minimum atomic E-state index is -3.29. The molecule has 0 spiro atoms. The number of nitrogens with two attached hydrogens (primary N) is 1. The Morgan fingerprint density at radius 1 is 1.29 bits per heavy atom. The monoisotopic (exact) mass is 278 g/mol. The van der Waals surface area contributed by atoms with E-state index in [0.717, 1.165) is 4.47 Å². The first-order valence-corrected chi connectivity index (χ1v) is 6.44. The molecule has 0 atom stereocenters. The Bertz CT molecular complexity index is 388. The van der Waals surface area contributed by atoms with Gasteiger partial charge in [0.1, 0.15) is 0 Å². The number of sulfonamides is 1. The highest BCUT2D eigenvalue weighted by atomic mass is 79.9. The van der Waals surface area contributed by atoms with Crippen LogP contribution in [0.15, 0.2) is 28.7 Å². The number of benzene rings is 1. The van der Waals surface area contributed by atoms with E-state index >= 15 is 0 Å². The molecule has 4 nitrogen and oxygen atoms in total. The number of nitrogens with one attached hydrogen (secondary N) is 1. The third-order valence-corrected chi connectivity index (χ3v) is 3.35. The van der Waals surface area contributed by atoms with Gasteiger partial charge in [-0.05, 0) is 24.3 Å². The maximum atomic E-state index is 11.3. The third kappa shape index (κ3) is 3.65. The lowest BCUT2D eigenvalue weighted by molar-refractivity contribution is 0.601. The van der Waals surface area contributed by atoms with Gasteiger partial charge < -0.3 is 5.73 Å². The van der Waals surface area contributed by atoms with Gasteiger partial charge in [0.25, 0.3) is 0 Å². The minimum absolute atomic E-state index is 0.0664. The van der Waals surface area contributed by atoms with E-state index < -0.39 is 10.0 Å². The highest BCUT2D eigenvalue weighted by molar-refractivity contribution is 9.10. The fourth-order valence-corrected chi connectivity index (χ4v) is 2.08. The van der Waals surface area contributed by atoms with Crippen molar-refractivity contribution in [2.75, 3.05) is 17.0 Å². The second kappa shape index (κ2) is 4.77. The molecule has 0 aliphatic rings. The zero-order valence-electron chi connectivity index (χ0n) is 7.40. The molecule has 14 heavy (non-hydrogen) atoms. The van der Waals surface area contributed by atoms with Crippen LogP contribution >= 0.6 is 15.9 Å². The molecule has 78 valence electrons. The van der Waals surface area contributed by atoms with Crippen LogP contribution in [0.5, 0.6) is 0 Å². The Morgan fingerprint density at radius 2 is 1.86 bits per heavy atom. The summed E-state index contributed by atoms with van der Waals surface area (Å²) in [5.74, 6) is -0.0664. The summed E-state index contributed by atoms with van der Waals surface area (Å²) in [6.07, 6.45) is 0. The lowest BCUT2D eigenvalue weighted by Gasteiger charge is -2.06. The van der Waals surface area contributed by atoms with E-state index in [2.05, 4.69) is 20.7 Å². The van der Waals surface area contributed by atoms with Crippen LogP contribution in [0.1, 0.15) is 0 Å². The number of halogens is 1. The topological polar surface area (TPSA) is 72.2 Å². The molecule has 0 saturated carbocycles. The van der Waals surface area contributed by atoms with E-state index in [-0.39, 0.29) is 12.3 Å². The van der Waals surface area contributed by atoms with Gasteiger partial charge in [-0.1, -0.05) is 15.9 Å². The minimum Gasteiger partial charge on any atom is -0.329 e. The van der Waals surface area contributed by atoms with Crippen molar-refractivity contribution in [1.82, 2.24) is 0 Å². The smallest absolute Gasteiger partial charge is 0.233 e. The molecule has 1 aromatic rings. The summed E-state index contributed by atoms with van der Waals surface area (Å²) < 4.78 is 25.9. The number of anilines is 1. The van der Waals surface area contributed by atoms with Crippen LogP contribution in [0.25, 0.3) is 0 Å². The van der Waals surface area contributed by atoms with E-state index in [1.54, 1.807) is 24.3 Å². The van der Waals surface area contributed by atoms with Crippen molar-refractivity contribution >= 4 is 31.6 Å². The van der Waals surface area contributed by atoms with Crippen molar-refractivity contribution < 1.29 is 8.42 Å². The third-order valence-electron chi connectivity index (χ3n) is 1.50. The van der Waals surface area contributed by atoms with Gasteiger partial charge in [0.15, 0.2) is 0 Å². The van der Waals surface area contributed by atoms with Crippen LogP contribution in [-0.4, -0.2) is 20.7 Å². The van der Waals surface area contributed by atoms with Crippen molar-refractivity contribution in [3.8, 4) is 0 Å². The van der Waals surface area contributed by atoms with Crippen LogP contribution in [0.2, 0.25) is 0 Å². The molecule has 0 aliphatic heterocycles. The summed E-state index contributed by atoms with van der Waals surface area (Å²) in [6, 6.07) is 6.89. The zero-order valence-corrected chi connectivity index (χ0v) is 9.81. The van der Waals surface area contributed by atoms with Gasteiger partial charge in [-0.25, -0.2) is 8.42 Å². The fraction of sp³-hybridized carbons (Fsp3) is 0.250. The molecule has 0 saturated heterocycles. The first-order chi connectivity index (χ1) is 6.53. The number of rotatable bonds is 4. The Balaban J connectivity index is 2.74. The van der Waals surface area contributed by atoms with Gasteiger partial charge in [-0.15, -0.1) is 0 Å². The standard InChI is InChI=1S/C8H11BrN2O2S/c9-7-1-3-8(4-2-7)11-14(12,13)6-5-10/h1-4,11H,5-6,10H2. The quantitative estimate of drug-likeness (QED) is 0.868. The lowest BCUT2D eigenvalue weighted by atomic mass is 10.3. The number of hydrogen-bond acceptors (Lipinski definition) is 3. The fourth-order valence-electron chi connectivity index (χ4n) is 0.904. The Kier molecular flexibility index (Phi) is 3.91. The molecular weight excluding hydrogens is 268 g/mol. The number of hydrogen-bond donors (Lipinski definition) is 2. The molecular formula is C8H11BrN2O2S. The van der Waals surface area contributed by atoms with Crippen molar-refractivity contribution in [3.63, 3.8) is 0 Å². The Hall–Kier alpha value is -0.590. The SMILES string of the molecule is NCCS(=O)(=O)Nc1ccc(Br)cc1. The predicted octanol–water partition coefficient (Wildman–Crippen LogP) is 1.15. The molecule has 0 amide bonds. The lowest BCUT2D eigenvalue weighted by Crippen LogP contribution is -2.22. The Labute approximate surface area is 91.7 Å². The second-order valence-electron chi connectivity index (χ2n) is 2.72. The summed E-state index contributed by atoms with van der Waals surface area (Å²) in [4.78, 5) is 0. The largest absolute Gasteiger partial charge is 0.329 e. The molecule has 0 aliphatic carbocycles. The maximum absolute atomic E-state index is 11.3. The summed E-state index contributed by atoms with van der Waals surface area (Å²) in [6.45, 7) is 0.117. The average Bonchev–Trinajstić information content (AvgIpc) is 2.08. The van der Waals surface area contributed by atoms with Gasteiger partial charge in [0.05, 0.1) is 5.75 Å². The molecule has 1 aromatic carbocycles. The molecule has 0 fully saturated rings. The highest BCUT2D eigenvalue weighted by Gasteiger charge is 2.07. The first-order valence-electron chi connectivity index (χ1n) is 3.99. The van der Waals surface area contributed by atoms with Crippen LogP contribution in [-0.2, 0) is 10.0 Å². The molecule has 0 bridgehead atoms. The van der Waals surface area contributed by atoms with Crippen molar-refractivity contribution in [1.29, 1.82) is 0 Å². The van der Waals surface area contributed by atoms with Gasteiger partial charge in [0.2, 0.25) is 10.0 Å². The van der Waals surface area contributed by atoms with Crippen LogP contribution < -0.4 is 10.5 Å². The van der Waals surface area contributed by atoms with Gasteiger partial charge in [0, 0.05) is 16.7 Å². The zero-order chi connectivity index (χ0) is 10.6. The molecule has 6 heteroatoms. The van der Waals surface area contributed by atoms with Crippen LogP contribution in [0.3, 0.4) is 0 Å². The van der Waals surface area contributed by atoms with Crippen LogP contribution in [0.4, 0.5) is 5.69 Å². The predicted molar refractivity (Wildman–Crippen MR) is 60.6 cm³/mol.